The predicted molar refractivity (Wildman–Crippen MR) is 181 cm³/mol. The number of allylic oxidation sites excluding steroid dienone is 4. The Bertz CT molecular complexity index is 1760. The number of rotatable bonds is 4. The topological polar surface area (TPSA) is 105 Å². The van der Waals surface area contributed by atoms with Gasteiger partial charge in [-0.15, -0.1) is 0 Å². The molecule has 0 spiro atoms. The molecule has 0 radical (unpaired) electrons. The van der Waals surface area contributed by atoms with Crippen LogP contribution in [0.5, 0.6) is 0 Å². The number of aliphatic imine (C=N–C) groups is 8. The van der Waals surface area contributed by atoms with Gasteiger partial charge in [-0.05, 0) is 47.6 Å². The molecule has 0 saturated carbocycles. The lowest BCUT2D eigenvalue weighted by Gasteiger charge is -2.33. The van der Waals surface area contributed by atoms with Crippen molar-refractivity contribution in [3.05, 3.63) is 95.6 Å². The third-order valence-corrected chi connectivity index (χ3v) is 7.17. The third kappa shape index (κ3) is 5.19. The van der Waals surface area contributed by atoms with Crippen molar-refractivity contribution in [2.75, 3.05) is 0 Å². The van der Waals surface area contributed by atoms with Crippen LogP contribution in [0.25, 0.3) is 12.2 Å². The highest BCUT2D eigenvalue weighted by atomic mass is 15.4. The van der Waals surface area contributed by atoms with Gasteiger partial charge in [-0.2, -0.15) is 20.0 Å². The van der Waals surface area contributed by atoms with Crippen LogP contribution in [0, 0.1) is 10.8 Å². The maximum absolute atomic E-state index is 4.75. The first-order valence-corrected chi connectivity index (χ1v) is 14.6. The van der Waals surface area contributed by atoms with E-state index in [1.54, 1.807) is 0 Å². The normalized spacial score (nSPS) is 20.5. The molecule has 1 aromatic rings. The zero-order valence-corrected chi connectivity index (χ0v) is 25.6. The van der Waals surface area contributed by atoms with E-state index in [0.29, 0.717) is 23.6 Å². The highest BCUT2D eigenvalue weighted by molar-refractivity contribution is 6.24. The molecule has 7 rings (SSSR count). The maximum atomic E-state index is 4.75. The molecule has 0 N–H and O–H groups in total. The van der Waals surface area contributed by atoms with Gasteiger partial charge in [0.2, 0.25) is 11.9 Å². The number of guanidine groups is 2. The van der Waals surface area contributed by atoms with Crippen LogP contribution in [0.4, 0.5) is 0 Å². The van der Waals surface area contributed by atoms with Crippen LogP contribution in [0.15, 0.2) is 124 Å². The van der Waals surface area contributed by atoms with Crippen LogP contribution in [0.3, 0.4) is 0 Å². The van der Waals surface area contributed by atoms with Gasteiger partial charge in [-0.25, -0.2) is 29.8 Å². The molecule has 218 valence electrons. The zero-order valence-electron chi connectivity index (χ0n) is 25.6. The van der Waals surface area contributed by atoms with Gasteiger partial charge in [-0.3, -0.25) is 0 Å². The Labute approximate surface area is 256 Å². The van der Waals surface area contributed by atoms with E-state index in [-0.39, 0.29) is 10.8 Å². The Morgan fingerprint density at radius 1 is 0.500 bits per heavy atom. The lowest BCUT2D eigenvalue weighted by molar-refractivity contribution is 0.571. The Morgan fingerprint density at radius 2 is 0.909 bits per heavy atom. The van der Waals surface area contributed by atoms with Crippen molar-refractivity contribution in [2.45, 2.75) is 41.5 Å². The summed E-state index contributed by atoms with van der Waals surface area (Å²) in [6, 6.07) is 8.21. The van der Waals surface area contributed by atoms with E-state index in [4.69, 9.17) is 39.9 Å². The molecule has 1 aromatic carbocycles. The van der Waals surface area contributed by atoms with Gasteiger partial charge in [0, 0.05) is 10.8 Å². The van der Waals surface area contributed by atoms with Crippen molar-refractivity contribution in [1.82, 2.24) is 9.80 Å². The van der Waals surface area contributed by atoms with Gasteiger partial charge in [0.25, 0.3) is 0 Å². The molecule has 6 aliphatic heterocycles. The summed E-state index contributed by atoms with van der Waals surface area (Å²) in [5.74, 6) is 6.91. The minimum atomic E-state index is -0.198. The second-order valence-electron chi connectivity index (χ2n) is 12.8. The molecule has 6 heterocycles. The Morgan fingerprint density at radius 3 is 1.30 bits per heavy atom. The summed E-state index contributed by atoms with van der Waals surface area (Å²) in [6.45, 7) is 12.6. The molecule has 0 amide bonds. The first kappa shape index (κ1) is 27.5. The Kier molecular flexibility index (Phi) is 6.31. The van der Waals surface area contributed by atoms with Gasteiger partial charge in [0.15, 0.2) is 11.7 Å². The number of hydrogen-bond acceptors (Lipinski definition) is 10. The van der Waals surface area contributed by atoms with E-state index in [0.717, 1.165) is 46.1 Å². The van der Waals surface area contributed by atoms with Gasteiger partial charge in [0.1, 0.15) is 35.0 Å². The van der Waals surface area contributed by atoms with Crippen molar-refractivity contribution in [1.29, 1.82) is 0 Å². The number of amidine groups is 6. The van der Waals surface area contributed by atoms with E-state index >= 15 is 0 Å². The molecule has 0 saturated heterocycles. The SMILES string of the molecule is CC(C)(C)C1=NC2=CC=CC3=NC(/C=C/c4ccc(/C=C/C5=NC6=NC(C(C)(C)C)=NC7=CC=CC(=N5)N76)cc4)=NC(=N1)N23. The third-order valence-electron chi connectivity index (χ3n) is 7.17. The second-order valence-corrected chi connectivity index (χ2v) is 12.8. The fraction of sp³-hybridized carbons (Fsp3) is 0.235. The molecule has 10 heteroatoms. The lowest BCUT2D eigenvalue weighted by atomic mass is 9.95. The molecule has 0 fully saturated rings. The van der Waals surface area contributed by atoms with E-state index in [9.17, 15) is 0 Å². The Hall–Kier alpha value is -5.38. The molecular weight excluding hydrogens is 548 g/mol. The summed E-state index contributed by atoms with van der Waals surface area (Å²) < 4.78 is 0. The van der Waals surface area contributed by atoms with Crippen LogP contribution in [0.2, 0.25) is 0 Å². The highest BCUT2D eigenvalue weighted by Crippen LogP contribution is 2.30. The number of nitrogens with zero attached hydrogens (tertiary/aromatic N) is 10. The van der Waals surface area contributed by atoms with E-state index in [2.05, 4.69) is 65.8 Å². The van der Waals surface area contributed by atoms with Crippen LogP contribution in [-0.4, -0.2) is 56.7 Å². The van der Waals surface area contributed by atoms with E-state index in [1.165, 1.54) is 0 Å². The average molecular weight is 581 g/mol. The quantitative estimate of drug-likeness (QED) is 0.412. The molecule has 10 nitrogen and oxygen atoms in total. The molecule has 0 atom stereocenters. The first-order valence-electron chi connectivity index (χ1n) is 14.6. The monoisotopic (exact) mass is 580 g/mol. The largest absolute Gasteiger partial charge is 0.246 e. The molecule has 44 heavy (non-hydrogen) atoms. The summed E-state index contributed by atoms with van der Waals surface area (Å²) in [6.07, 6.45) is 19.5. The zero-order chi connectivity index (χ0) is 30.6. The van der Waals surface area contributed by atoms with Crippen LogP contribution >= 0.6 is 0 Å². The first-order chi connectivity index (χ1) is 21.0. The molecule has 0 bridgehead atoms. The van der Waals surface area contributed by atoms with Crippen LogP contribution in [0.1, 0.15) is 52.7 Å². The summed E-state index contributed by atoms with van der Waals surface area (Å²) in [4.78, 5) is 41.6. The minimum absolute atomic E-state index is 0.198. The van der Waals surface area contributed by atoms with Gasteiger partial charge >= 0.3 is 0 Å². The second kappa shape index (κ2) is 10.1. The van der Waals surface area contributed by atoms with Gasteiger partial charge in [0.05, 0.1) is 0 Å². The molecule has 0 aromatic heterocycles. The van der Waals surface area contributed by atoms with Crippen molar-refractivity contribution in [3.63, 3.8) is 0 Å². The Balaban J connectivity index is 1.09. The summed E-state index contributed by atoms with van der Waals surface area (Å²) >= 11 is 0. The molecule has 0 aliphatic carbocycles. The number of benzene rings is 1. The summed E-state index contributed by atoms with van der Waals surface area (Å²) in [7, 11) is 0. The molecule has 6 aliphatic rings. The fourth-order valence-electron chi connectivity index (χ4n) is 4.81. The average Bonchev–Trinajstić information content (AvgIpc) is 2.98. The highest BCUT2D eigenvalue weighted by Gasteiger charge is 2.34. The maximum Gasteiger partial charge on any atom is 0.240 e. The van der Waals surface area contributed by atoms with Crippen molar-refractivity contribution in [3.8, 4) is 0 Å². The molecule has 0 unspecified atom stereocenters. The molecular formula is C34H32N10. The van der Waals surface area contributed by atoms with Crippen molar-refractivity contribution >= 4 is 59.1 Å². The van der Waals surface area contributed by atoms with Crippen LogP contribution in [-0.2, 0) is 0 Å². The smallest absolute Gasteiger partial charge is 0.240 e. The minimum Gasteiger partial charge on any atom is -0.246 e. The van der Waals surface area contributed by atoms with Crippen LogP contribution < -0.4 is 0 Å². The van der Waals surface area contributed by atoms with Gasteiger partial charge < -0.3 is 0 Å². The van der Waals surface area contributed by atoms with Gasteiger partial charge in [-0.1, -0.05) is 90.1 Å². The fourth-order valence-corrected chi connectivity index (χ4v) is 4.81. The standard InChI is InChI=1S/C34H32N10/c1-33(2,3)29-39-27-11-7-9-25-35-23(37-31(41-29)43(25)27)19-17-21-13-15-22(16-14-21)18-20-24-36-26-10-8-12-28-40-30(34(4,5)6)42-32(38-24)44(26)28/h7-20H,1-6H3/b19-17+,20-18+. The number of hydrogen-bond donors (Lipinski definition) is 0. The van der Waals surface area contributed by atoms with Crippen molar-refractivity contribution < 1.29 is 0 Å². The van der Waals surface area contributed by atoms with E-state index < -0.39 is 0 Å². The van der Waals surface area contributed by atoms with E-state index in [1.807, 2.05) is 70.6 Å². The lowest BCUT2D eigenvalue weighted by Crippen LogP contribution is -2.42. The summed E-state index contributed by atoms with van der Waals surface area (Å²) in [5.41, 5.74) is 1.66. The van der Waals surface area contributed by atoms with Crippen molar-refractivity contribution in [2.24, 2.45) is 50.8 Å². The summed E-state index contributed by atoms with van der Waals surface area (Å²) in [5, 5.41) is 0. The predicted octanol–water partition coefficient (Wildman–Crippen LogP) is 6.39.